The lowest BCUT2D eigenvalue weighted by Crippen LogP contribution is -2.17. The molecule has 0 unspecified atom stereocenters. The predicted octanol–water partition coefficient (Wildman–Crippen LogP) is 4.49. The number of aryl methyl sites for hydroxylation is 2. The van der Waals surface area contributed by atoms with E-state index in [1.165, 1.54) is 12.1 Å². The Bertz CT molecular complexity index is 1430. The minimum Gasteiger partial charge on any atom is -0.478 e. The first-order valence-corrected chi connectivity index (χ1v) is 11.2. The summed E-state index contributed by atoms with van der Waals surface area (Å²) in [6.07, 6.45) is 0. The summed E-state index contributed by atoms with van der Waals surface area (Å²) in [5.41, 5.74) is 3.19. The van der Waals surface area contributed by atoms with Crippen LogP contribution in [0.3, 0.4) is 0 Å². The van der Waals surface area contributed by atoms with Crippen LogP contribution in [0, 0.1) is 13.8 Å². The first kappa shape index (κ1) is 21.3. The van der Waals surface area contributed by atoms with E-state index >= 15 is 0 Å². The third kappa shape index (κ3) is 4.37. The number of aromatic nitrogens is 2. The lowest BCUT2D eigenvalue weighted by molar-refractivity contribution is 0.0697. The van der Waals surface area contributed by atoms with Gasteiger partial charge < -0.3 is 10.4 Å². The maximum absolute atomic E-state index is 13.2. The van der Waals surface area contributed by atoms with Crippen LogP contribution in [0.5, 0.6) is 0 Å². The number of carboxylic acid groups (broad SMARTS) is 1. The summed E-state index contributed by atoms with van der Waals surface area (Å²) < 4.78 is 28.9. The molecule has 0 aliphatic heterocycles. The number of nitrogens with one attached hydrogen (secondary N) is 2. The van der Waals surface area contributed by atoms with Gasteiger partial charge in [-0.25, -0.2) is 23.2 Å². The highest BCUT2D eigenvalue weighted by atomic mass is 32.2. The lowest BCUT2D eigenvalue weighted by atomic mass is 10.2. The molecule has 0 aliphatic carbocycles. The zero-order chi connectivity index (χ0) is 22.9. The van der Waals surface area contributed by atoms with Crippen LogP contribution in [0.15, 0.2) is 71.6 Å². The number of nitrogens with zero attached hydrogens (tertiary/aromatic N) is 2. The Labute approximate surface area is 185 Å². The van der Waals surface area contributed by atoms with Gasteiger partial charge in [0.25, 0.3) is 10.0 Å². The zero-order valence-corrected chi connectivity index (χ0v) is 18.1. The minimum absolute atomic E-state index is 0.0342. The van der Waals surface area contributed by atoms with Crippen molar-refractivity contribution >= 4 is 44.3 Å². The SMILES string of the molecule is Cc1ccc(C)c(S(=O)(=O)Nc2nc3ccccc3nc2Nc2ccc(C(=O)O)cc2)c1. The summed E-state index contributed by atoms with van der Waals surface area (Å²) in [5, 5.41) is 12.1. The van der Waals surface area contributed by atoms with E-state index in [-0.39, 0.29) is 22.1 Å². The third-order valence-corrected chi connectivity index (χ3v) is 6.31. The molecule has 162 valence electrons. The van der Waals surface area contributed by atoms with Gasteiger partial charge in [-0.1, -0.05) is 24.3 Å². The number of anilines is 3. The number of fused-ring (bicyclic) bond motifs is 1. The van der Waals surface area contributed by atoms with Gasteiger partial charge in [0.05, 0.1) is 21.5 Å². The second kappa shape index (κ2) is 8.27. The molecule has 4 rings (SSSR count). The molecule has 0 aliphatic rings. The summed E-state index contributed by atoms with van der Waals surface area (Å²) in [7, 11) is -3.94. The molecule has 0 fully saturated rings. The number of carboxylic acids is 1. The fraction of sp³-hybridized carbons (Fsp3) is 0.0870. The number of sulfonamides is 1. The topological polar surface area (TPSA) is 121 Å². The second-order valence-corrected chi connectivity index (χ2v) is 8.94. The number of hydrogen-bond donors (Lipinski definition) is 3. The maximum atomic E-state index is 13.2. The highest BCUT2D eigenvalue weighted by molar-refractivity contribution is 7.92. The molecule has 0 radical (unpaired) electrons. The normalized spacial score (nSPS) is 11.3. The van der Waals surface area contributed by atoms with Crippen molar-refractivity contribution in [2.75, 3.05) is 10.0 Å². The number of rotatable bonds is 6. The van der Waals surface area contributed by atoms with E-state index in [1.54, 1.807) is 49.4 Å². The van der Waals surface area contributed by atoms with Crippen LogP contribution in [0.2, 0.25) is 0 Å². The van der Waals surface area contributed by atoms with Crippen LogP contribution in [-0.4, -0.2) is 29.5 Å². The summed E-state index contributed by atoms with van der Waals surface area (Å²) in [6, 6.07) is 18.3. The van der Waals surface area contributed by atoms with Gasteiger partial charge in [-0.05, 0) is 67.4 Å². The average molecular weight is 449 g/mol. The first-order chi connectivity index (χ1) is 15.2. The fourth-order valence-electron chi connectivity index (χ4n) is 3.17. The van der Waals surface area contributed by atoms with Gasteiger partial charge in [0.1, 0.15) is 0 Å². The van der Waals surface area contributed by atoms with Crippen molar-refractivity contribution in [3.8, 4) is 0 Å². The van der Waals surface area contributed by atoms with Gasteiger partial charge >= 0.3 is 5.97 Å². The highest BCUT2D eigenvalue weighted by Gasteiger charge is 2.21. The van der Waals surface area contributed by atoms with Crippen molar-refractivity contribution in [2.24, 2.45) is 0 Å². The van der Waals surface area contributed by atoms with Crippen molar-refractivity contribution in [1.82, 2.24) is 9.97 Å². The molecular weight excluding hydrogens is 428 g/mol. The van der Waals surface area contributed by atoms with E-state index in [9.17, 15) is 13.2 Å². The monoisotopic (exact) mass is 448 g/mol. The number of carbonyl (C=O) groups is 1. The molecule has 0 atom stereocenters. The maximum Gasteiger partial charge on any atom is 0.335 e. The van der Waals surface area contributed by atoms with Crippen molar-refractivity contribution in [2.45, 2.75) is 18.7 Å². The molecule has 0 bridgehead atoms. The van der Waals surface area contributed by atoms with Gasteiger partial charge in [0.2, 0.25) is 0 Å². The molecule has 3 N–H and O–H groups in total. The summed E-state index contributed by atoms with van der Waals surface area (Å²) in [5.74, 6) is -0.809. The molecule has 3 aromatic carbocycles. The molecule has 0 spiro atoms. The molecule has 9 heteroatoms. The summed E-state index contributed by atoms with van der Waals surface area (Å²) >= 11 is 0. The van der Waals surface area contributed by atoms with Gasteiger partial charge in [0.15, 0.2) is 11.6 Å². The molecular formula is C23H20N4O4S. The van der Waals surface area contributed by atoms with Crippen LogP contribution in [-0.2, 0) is 10.0 Å². The highest BCUT2D eigenvalue weighted by Crippen LogP contribution is 2.28. The van der Waals surface area contributed by atoms with Crippen molar-refractivity contribution < 1.29 is 18.3 Å². The standard InChI is InChI=1S/C23H20N4O4S/c1-14-7-8-15(2)20(13-14)32(30,31)27-22-21(25-18-5-3-4-6-19(18)26-22)24-17-11-9-16(10-12-17)23(28)29/h3-13H,1-2H3,(H,24,25)(H,26,27)(H,28,29). The molecule has 0 amide bonds. The quantitative estimate of drug-likeness (QED) is 0.397. The Hall–Kier alpha value is -3.98. The van der Waals surface area contributed by atoms with Crippen molar-refractivity contribution in [3.05, 3.63) is 83.4 Å². The summed E-state index contributed by atoms with van der Waals surface area (Å²) in [4.78, 5) is 20.3. The zero-order valence-electron chi connectivity index (χ0n) is 17.3. The van der Waals surface area contributed by atoms with E-state index in [1.807, 2.05) is 19.1 Å². The summed E-state index contributed by atoms with van der Waals surface area (Å²) in [6.45, 7) is 3.55. The van der Waals surface area contributed by atoms with Crippen molar-refractivity contribution in [3.63, 3.8) is 0 Å². The van der Waals surface area contributed by atoms with Crippen molar-refractivity contribution in [1.29, 1.82) is 0 Å². The molecule has 32 heavy (non-hydrogen) atoms. The van der Waals surface area contributed by atoms with E-state index in [0.29, 0.717) is 22.3 Å². The molecule has 0 saturated carbocycles. The average Bonchev–Trinajstić information content (AvgIpc) is 2.76. The fourth-order valence-corrected chi connectivity index (χ4v) is 4.51. The number of para-hydroxylation sites is 2. The Morgan fingerprint density at radius 3 is 2.12 bits per heavy atom. The molecule has 0 saturated heterocycles. The van der Waals surface area contributed by atoms with Gasteiger partial charge in [-0.3, -0.25) is 4.72 Å². The number of hydrogen-bond acceptors (Lipinski definition) is 6. The largest absolute Gasteiger partial charge is 0.478 e. The second-order valence-electron chi connectivity index (χ2n) is 7.29. The number of benzene rings is 3. The Kier molecular flexibility index (Phi) is 5.50. The predicted molar refractivity (Wildman–Crippen MR) is 123 cm³/mol. The Balaban J connectivity index is 1.77. The van der Waals surface area contributed by atoms with E-state index in [4.69, 9.17) is 5.11 Å². The first-order valence-electron chi connectivity index (χ1n) is 9.70. The van der Waals surface area contributed by atoms with Gasteiger partial charge in [-0.15, -0.1) is 0 Å². The molecule has 4 aromatic rings. The Morgan fingerprint density at radius 2 is 1.50 bits per heavy atom. The smallest absolute Gasteiger partial charge is 0.335 e. The van der Waals surface area contributed by atoms with E-state index < -0.39 is 16.0 Å². The van der Waals surface area contributed by atoms with E-state index in [2.05, 4.69) is 20.0 Å². The van der Waals surface area contributed by atoms with Crippen LogP contribution in [0.1, 0.15) is 21.5 Å². The molecule has 1 heterocycles. The Morgan fingerprint density at radius 1 is 0.875 bits per heavy atom. The third-order valence-electron chi connectivity index (χ3n) is 4.83. The molecule has 1 aromatic heterocycles. The van der Waals surface area contributed by atoms with Gasteiger partial charge in [-0.2, -0.15) is 0 Å². The van der Waals surface area contributed by atoms with Gasteiger partial charge in [0, 0.05) is 5.69 Å². The minimum atomic E-state index is -3.94. The molecule has 8 nitrogen and oxygen atoms in total. The van der Waals surface area contributed by atoms with Crippen LogP contribution < -0.4 is 10.0 Å². The lowest BCUT2D eigenvalue weighted by Gasteiger charge is -2.15. The van der Waals surface area contributed by atoms with Crippen LogP contribution in [0.4, 0.5) is 17.3 Å². The number of aromatic carboxylic acids is 1. The van der Waals surface area contributed by atoms with E-state index in [0.717, 1.165) is 5.56 Å². The van der Waals surface area contributed by atoms with Crippen LogP contribution in [0.25, 0.3) is 11.0 Å². The van der Waals surface area contributed by atoms with Crippen LogP contribution >= 0.6 is 0 Å².